The van der Waals surface area contributed by atoms with Crippen molar-refractivity contribution in [2.45, 2.75) is 39.2 Å². The minimum absolute atomic E-state index is 0.0713. The van der Waals surface area contributed by atoms with Crippen LogP contribution in [0.1, 0.15) is 33.1 Å². The summed E-state index contributed by atoms with van der Waals surface area (Å²) in [5, 5.41) is 9.28. The Morgan fingerprint density at radius 1 is 1.22 bits per heavy atom. The molecule has 2 fully saturated rings. The van der Waals surface area contributed by atoms with Crippen LogP contribution in [0.3, 0.4) is 0 Å². The summed E-state index contributed by atoms with van der Waals surface area (Å²) >= 11 is 0. The molecule has 0 saturated carbocycles. The molecular formula is C12H24N2O3S. The molecule has 0 aromatic carbocycles. The van der Waals surface area contributed by atoms with E-state index in [1.54, 1.807) is 4.31 Å². The van der Waals surface area contributed by atoms with E-state index in [9.17, 15) is 13.5 Å². The summed E-state index contributed by atoms with van der Waals surface area (Å²) in [5.41, 5.74) is 0. The number of piperidine rings is 1. The summed E-state index contributed by atoms with van der Waals surface area (Å²) in [7, 11) is -3.38. The van der Waals surface area contributed by atoms with Crippen LogP contribution < -0.4 is 0 Å². The van der Waals surface area contributed by atoms with E-state index >= 15 is 0 Å². The smallest absolute Gasteiger partial charge is 0.282 e. The van der Waals surface area contributed by atoms with Crippen molar-refractivity contribution < 1.29 is 13.5 Å². The van der Waals surface area contributed by atoms with Gasteiger partial charge in [0, 0.05) is 25.7 Å². The van der Waals surface area contributed by atoms with Crippen LogP contribution in [0.5, 0.6) is 0 Å². The largest absolute Gasteiger partial charge is 0.395 e. The number of aliphatic hydroxyl groups excluding tert-OH is 1. The zero-order chi connectivity index (χ0) is 13.3. The summed E-state index contributed by atoms with van der Waals surface area (Å²) in [6, 6.07) is -0.220. The molecule has 2 aliphatic heterocycles. The van der Waals surface area contributed by atoms with Crippen molar-refractivity contribution >= 4 is 10.2 Å². The Kier molecular flexibility index (Phi) is 4.31. The molecule has 0 spiro atoms. The standard InChI is InChI=1S/C12H24N2O3S/c1-10-6-11(2)8-13(7-10)18(16,17)14-5-3-4-12(14)9-15/h10-12,15H,3-9H2,1-2H3/t10?,11?,12-/m0/s1. The van der Waals surface area contributed by atoms with Crippen LogP contribution in [0, 0.1) is 11.8 Å². The van der Waals surface area contributed by atoms with Crippen LogP contribution in [0.2, 0.25) is 0 Å². The molecule has 0 radical (unpaired) electrons. The maximum absolute atomic E-state index is 12.6. The Morgan fingerprint density at radius 3 is 2.39 bits per heavy atom. The second-order valence-corrected chi connectivity index (χ2v) is 7.74. The van der Waals surface area contributed by atoms with Crippen LogP contribution in [0.25, 0.3) is 0 Å². The van der Waals surface area contributed by atoms with E-state index in [1.807, 2.05) is 0 Å². The van der Waals surface area contributed by atoms with Crippen LogP contribution in [0.4, 0.5) is 0 Å². The van der Waals surface area contributed by atoms with Crippen molar-refractivity contribution in [1.82, 2.24) is 8.61 Å². The lowest BCUT2D eigenvalue weighted by Crippen LogP contribution is -2.51. The van der Waals surface area contributed by atoms with E-state index in [0.29, 0.717) is 31.5 Å². The van der Waals surface area contributed by atoms with Gasteiger partial charge in [0.2, 0.25) is 0 Å². The van der Waals surface area contributed by atoms with Gasteiger partial charge in [-0.3, -0.25) is 0 Å². The quantitative estimate of drug-likeness (QED) is 0.824. The molecule has 3 atom stereocenters. The molecule has 2 unspecified atom stereocenters. The third-order valence-electron chi connectivity index (χ3n) is 3.99. The first-order valence-corrected chi connectivity index (χ1v) is 8.22. The average Bonchev–Trinajstić information content (AvgIpc) is 2.76. The number of hydrogen-bond donors (Lipinski definition) is 1. The molecule has 2 heterocycles. The minimum Gasteiger partial charge on any atom is -0.395 e. The van der Waals surface area contributed by atoms with E-state index in [1.165, 1.54) is 4.31 Å². The summed E-state index contributed by atoms with van der Waals surface area (Å²) in [6.45, 7) is 5.91. The lowest BCUT2D eigenvalue weighted by molar-refractivity contribution is 0.183. The Labute approximate surface area is 110 Å². The maximum atomic E-state index is 12.6. The Bertz CT molecular complexity index is 375. The fourth-order valence-corrected chi connectivity index (χ4v) is 5.33. The van der Waals surface area contributed by atoms with Gasteiger partial charge in [-0.1, -0.05) is 13.8 Å². The summed E-state index contributed by atoms with van der Waals surface area (Å²) < 4.78 is 28.3. The first-order valence-electron chi connectivity index (χ1n) is 6.83. The summed E-state index contributed by atoms with van der Waals surface area (Å²) in [4.78, 5) is 0. The molecule has 0 aliphatic carbocycles. The molecule has 18 heavy (non-hydrogen) atoms. The van der Waals surface area contributed by atoms with Gasteiger partial charge in [0.15, 0.2) is 0 Å². The Balaban J connectivity index is 2.15. The van der Waals surface area contributed by atoms with Crippen molar-refractivity contribution in [3.63, 3.8) is 0 Å². The first kappa shape index (κ1) is 14.2. The molecule has 2 saturated heterocycles. The van der Waals surface area contributed by atoms with Crippen molar-refractivity contribution in [2.24, 2.45) is 11.8 Å². The molecule has 0 amide bonds. The molecule has 0 bridgehead atoms. The Hall–Kier alpha value is -0.170. The second-order valence-electron chi connectivity index (χ2n) is 5.86. The van der Waals surface area contributed by atoms with Gasteiger partial charge in [0.1, 0.15) is 0 Å². The van der Waals surface area contributed by atoms with Crippen LogP contribution in [0.15, 0.2) is 0 Å². The molecule has 6 heteroatoms. The van der Waals surface area contributed by atoms with Gasteiger partial charge in [-0.05, 0) is 31.1 Å². The van der Waals surface area contributed by atoms with E-state index in [-0.39, 0.29) is 12.6 Å². The fourth-order valence-electron chi connectivity index (χ4n) is 3.24. The van der Waals surface area contributed by atoms with Gasteiger partial charge in [0.25, 0.3) is 10.2 Å². The summed E-state index contributed by atoms with van der Waals surface area (Å²) in [5.74, 6) is 0.831. The normalized spacial score (nSPS) is 36.1. The molecule has 0 aromatic heterocycles. The highest BCUT2D eigenvalue weighted by Crippen LogP contribution is 2.28. The van der Waals surface area contributed by atoms with Crippen molar-refractivity contribution in [1.29, 1.82) is 0 Å². The number of nitrogens with zero attached hydrogens (tertiary/aromatic N) is 2. The first-order chi connectivity index (χ1) is 8.45. The molecule has 2 aliphatic rings. The number of aliphatic hydroxyl groups is 1. The van der Waals surface area contributed by atoms with E-state index < -0.39 is 10.2 Å². The third-order valence-corrected chi connectivity index (χ3v) is 6.02. The number of rotatable bonds is 3. The van der Waals surface area contributed by atoms with E-state index in [2.05, 4.69) is 13.8 Å². The predicted octanol–water partition coefficient (Wildman–Crippen LogP) is 0.666. The number of hydrogen-bond acceptors (Lipinski definition) is 3. The highest BCUT2D eigenvalue weighted by molar-refractivity contribution is 7.86. The van der Waals surface area contributed by atoms with Crippen LogP contribution in [-0.4, -0.2) is 54.4 Å². The fraction of sp³-hybridized carbons (Fsp3) is 1.00. The van der Waals surface area contributed by atoms with Crippen molar-refractivity contribution in [3.8, 4) is 0 Å². The van der Waals surface area contributed by atoms with Crippen molar-refractivity contribution in [3.05, 3.63) is 0 Å². The van der Waals surface area contributed by atoms with Gasteiger partial charge >= 0.3 is 0 Å². The monoisotopic (exact) mass is 276 g/mol. The van der Waals surface area contributed by atoms with E-state index in [4.69, 9.17) is 0 Å². The lowest BCUT2D eigenvalue weighted by atomic mass is 9.94. The topological polar surface area (TPSA) is 60.9 Å². The molecule has 0 aromatic rings. The van der Waals surface area contributed by atoms with Crippen LogP contribution in [-0.2, 0) is 10.2 Å². The zero-order valence-electron chi connectivity index (χ0n) is 11.2. The third kappa shape index (κ3) is 2.71. The highest BCUT2D eigenvalue weighted by Gasteiger charge is 2.40. The lowest BCUT2D eigenvalue weighted by Gasteiger charge is -2.37. The van der Waals surface area contributed by atoms with E-state index in [0.717, 1.165) is 19.3 Å². The SMILES string of the molecule is CC1CC(C)CN(S(=O)(=O)N2CCC[C@H]2CO)C1. The molecule has 2 rings (SSSR count). The maximum Gasteiger partial charge on any atom is 0.282 e. The van der Waals surface area contributed by atoms with Gasteiger partial charge < -0.3 is 5.11 Å². The van der Waals surface area contributed by atoms with Crippen molar-refractivity contribution in [2.75, 3.05) is 26.2 Å². The van der Waals surface area contributed by atoms with Gasteiger partial charge in [-0.15, -0.1) is 0 Å². The molecule has 106 valence electrons. The predicted molar refractivity (Wildman–Crippen MR) is 70.3 cm³/mol. The van der Waals surface area contributed by atoms with Gasteiger partial charge in [-0.2, -0.15) is 17.0 Å². The molecule has 1 N–H and O–H groups in total. The summed E-state index contributed by atoms with van der Waals surface area (Å²) in [6.07, 6.45) is 2.72. The van der Waals surface area contributed by atoms with Gasteiger partial charge in [-0.25, -0.2) is 0 Å². The van der Waals surface area contributed by atoms with Crippen LogP contribution >= 0.6 is 0 Å². The Morgan fingerprint density at radius 2 is 1.83 bits per heavy atom. The highest BCUT2D eigenvalue weighted by atomic mass is 32.2. The zero-order valence-corrected chi connectivity index (χ0v) is 12.1. The van der Waals surface area contributed by atoms with Gasteiger partial charge in [0.05, 0.1) is 6.61 Å². The minimum atomic E-state index is -3.38. The molecule has 5 nitrogen and oxygen atoms in total. The average molecular weight is 276 g/mol. The second kappa shape index (κ2) is 5.45. The molecular weight excluding hydrogens is 252 g/mol.